The summed E-state index contributed by atoms with van der Waals surface area (Å²) in [5.74, 6) is -0.481. The Labute approximate surface area is 409 Å². The maximum atomic E-state index is 13.9. The van der Waals surface area contributed by atoms with Gasteiger partial charge in [0.05, 0.1) is 32.7 Å². The minimum atomic E-state index is -2.13. The number of carbonyl (C=O) groups excluding carboxylic acids is 4. The highest BCUT2D eigenvalue weighted by Gasteiger charge is 2.49. The molecule has 0 aliphatic rings. The lowest BCUT2D eigenvalue weighted by molar-refractivity contribution is -0.191. The van der Waals surface area contributed by atoms with Crippen molar-refractivity contribution in [2.24, 2.45) is 17.8 Å². The Morgan fingerprint density at radius 2 is 0.576 bits per heavy atom. The Balaban J connectivity index is 5.02. The highest BCUT2D eigenvalue weighted by Crippen LogP contribution is 2.27. The van der Waals surface area contributed by atoms with Crippen LogP contribution in [0.3, 0.4) is 0 Å². The molecular formula is C58H110O8. The van der Waals surface area contributed by atoms with E-state index in [0.29, 0.717) is 25.7 Å². The summed E-state index contributed by atoms with van der Waals surface area (Å²) in [6.07, 6.45) is 42.4. The molecule has 0 aliphatic heterocycles. The lowest BCUT2D eigenvalue weighted by Crippen LogP contribution is -2.48. The average Bonchev–Trinajstić information content (AvgIpc) is 3.26. The van der Waals surface area contributed by atoms with Crippen LogP contribution >= 0.6 is 0 Å². The largest absolute Gasteiger partial charge is 0.466 e. The first-order chi connectivity index (χ1) is 31.9. The van der Waals surface area contributed by atoms with Gasteiger partial charge in [0, 0.05) is 6.42 Å². The first kappa shape index (κ1) is 63.9. The highest BCUT2D eigenvalue weighted by molar-refractivity contribution is 5.92. The summed E-state index contributed by atoms with van der Waals surface area (Å²) in [5, 5.41) is 0. The van der Waals surface area contributed by atoms with E-state index < -0.39 is 42.3 Å². The molecular weight excluding hydrogens is 825 g/mol. The highest BCUT2D eigenvalue weighted by atomic mass is 16.6. The van der Waals surface area contributed by atoms with Gasteiger partial charge in [-0.05, 0) is 43.4 Å². The van der Waals surface area contributed by atoms with Crippen LogP contribution < -0.4 is 0 Å². The maximum Gasteiger partial charge on any atom is 0.351 e. The number of ether oxygens (including phenoxy) is 4. The Bertz CT molecular complexity index is 1070. The molecule has 0 unspecified atom stereocenters. The van der Waals surface area contributed by atoms with E-state index in [2.05, 4.69) is 41.5 Å². The third-order valence-electron chi connectivity index (χ3n) is 13.0. The smallest absolute Gasteiger partial charge is 0.351 e. The van der Waals surface area contributed by atoms with Gasteiger partial charge in [0.2, 0.25) is 5.60 Å². The molecule has 0 spiro atoms. The zero-order valence-electron chi connectivity index (χ0n) is 44.9. The van der Waals surface area contributed by atoms with Crippen LogP contribution in [0.2, 0.25) is 0 Å². The first-order valence-corrected chi connectivity index (χ1v) is 28.6. The number of unbranched alkanes of at least 4 members (excludes halogenated alkanes) is 30. The molecule has 8 heteroatoms. The normalized spacial score (nSPS) is 11.8. The van der Waals surface area contributed by atoms with Crippen molar-refractivity contribution in [1.29, 1.82) is 0 Å². The van der Waals surface area contributed by atoms with Crippen LogP contribution in [-0.2, 0) is 38.1 Å². The molecule has 0 N–H and O–H groups in total. The zero-order valence-corrected chi connectivity index (χ0v) is 44.9. The van der Waals surface area contributed by atoms with E-state index in [1.165, 1.54) is 167 Å². The van der Waals surface area contributed by atoms with Crippen molar-refractivity contribution in [3.05, 3.63) is 0 Å². The lowest BCUT2D eigenvalue weighted by Gasteiger charge is -2.30. The van der Waals surface area contributed by atoms with Gasteiger partial charge in [0.25, 0.3) is 0 Å². The minimum absolute atomic E-state index is 0.0495. The molecule has 0 aliphatic carbocycles. The fourth-order valence-corrected chi connectivity index (χ4v) is 8.77. The predicted molar refractivity (Wildman–Crippen MR) is 277 cm³/mol. The van der Waals surface area contributed by atoms with Gasteiger partial charge in [-0.3, -0.25) is 14.4 Å². The second kappa shape index (κ2) is 46.6. The molecule has 0 amide bonds. The van der Waals surface area contributed by atoms with Crippen LogP contribution in [0.1, 0.15) is 305 Å². The number of carbonyl (C=O) groups is 4. The van der Waals surface area contributed by atoms with Crippen molar-refractivity contribution in [1.82, 2.24) is 0 Å². The fourth-order valence-electron chi connectivity index (χ4n) is 8.77. The van der Waals surface area contributed by atoms with Crippen LogP contribution in [-0.4, -0.2) is 49.3 Å². The van der Waals surface area contributed by atoms with Crippen LogP contribution in [0.15, 0.2) is 0 Å². The summed E-state index contributed by atoms with van der Waals surface area (Å²) < 4.78 is 22.7. The van der Waals surface area contributed by atoms with Gasteiger partial charge in [0.15, 0.2) is 0 Å². The van der Waals surface area contributed by atoms with Gasteiger partial charge in [-0.25, -0.2) is 4.79 Å². The number of hydrogen-bond donors (Lipinski definition) is 0. The number of rotatable bonds is 50. The molecule has 0 heterocycles. The third kappa shape index (κ3) is 43.2. The number of hydrogen-bond acceptors (Lipinski definition) is 8. The van der Waals surface area contributed by atoms with Crippen molar-refractivity contribution < 1.29 is 38.1 Å². The molecule has 0 rings (SSSR count). The van der Waals surface area contributed by atoms with Gasteiger partial charge < -0.3 is 18.9 Å². The van der Waals surface area contributed by atoms with Crippen molar-refractivity contribution in [3.63, 3.8) is 0 Å². The molecule has 8 nitrogen and oxygen atoms in total. The van der Waals surface area contributed by atoms with Crippen LogP contribution in [0.4, 0.5) is 0 Å². The first-order valence-electron chi connectivity index (χ1n) is 28.6. The quantitative estimate of drug-likeness (QED) is 0.0337. The topological polar surface area (TPSA) is 105 Å². The van der Waals surface area contributed by atoms with Crippen molar-refractivity contribution >= 4 is 23.9 Å². The molecule has 66 heavy (non-hydrogen) atoms. The summed E-state index contributed by atoms with van der Waals surface area (Å²) in [7, 11) is 0. The zero-order chi connectivity index (χ0) is 48.8. The van der Waals surface area contributed by atoms with E-state index in [9.17, 15) is 19.2 Å². The molecule has 0 atom stereocenters. The van der Waals surface area contributed by atoms with Gasteiger partial charge >= 0.3 is 23.9 Å². The molecule has 0 aromatic rings. The Morgan fingerprint density at radius 3 is 0.833 bits per heavy atom. The SMILES string of the molecule is CCCC(=O)OC(CC(=O)OCCCCCCCCCCCCCC(C)C)(CC(=O)OCCCCCCCCCCCCCC(C)C)C(=O)OCCCCCCCCCCCCCC(C)C. The van der Waals surface area contributed by atoms with Crippen LogP contribution in [0.25, 0.3) is 0 Å². The van der Waals surface area contributed by atoms with E-state index >= 15 is 0 Å². The fraction of sp³-hybridized carbons (Fsp3) is 0.931. The van der Waals surface area contributed by atoms with E-state index in [0.717, 1.165) is 62.7 Å². The van der Waals surface area contributed by atoms with E-state index in [4.69, 9.17) is 18.9 Å². The summed E-state index contributed by atoms with van der Waals surface area (Å²) in [6.45, 7) is 16.2. The lowest BCUT2D eigenvalue weighted by atomic mass is 9.94. The van der Waals surface area contributed by atoms with Crippen LogP contribution in [0, 0.1) is 17.8 Å². The third-order valence-corrected chi connectivity index (χ3v) is 13.0. The molecule has 0 saturated heterocycles. The Morgan fingerprint density at radius 1 is 0.333 bits per heavy atom. The van der Waals surface area contributed by atoms with E-state index in [-0.39, 0.29) is 26.2 Å². The standard InChI is InChI=1S/C58H110O8/c1-8-42-54(59)66-58(57(62)65-48-41-35-29-23-17-11-14-20-26-32-38-45-53(6)7,49-55(60)63-46-39-33-27-21-15-9-12-18-24-30-36-43-51(2)3)50-56(61)64-47-40-34-28-22-16-10-13-19-25-31-37-44-52(4)5/h51-53H,8-50H2,1-7H3. The van der Waals surface area contributed by atoms with Crippen molar-refractivity contribution in [2.75, 3.05) is 19.8 Å². The minimum Gasteiger partial charge on any atom is -0.466 e. The van der Waals surface area contributed by atoms with Crippen molar-refractivity contribution in [3.8, 4) is 0 Å². The summed E-state index contributed by atoms with van der Waals surface area (Å²) >= 11 is 0. The van der Waals surface area contributed by atoms with Gasteiger partial charge in [-0.1, -0.05) is 260 Å². The second-order valence-corrected chi connectivity index (χ2v) is 21.4. The molecule has 0 fully saturated rings. The molecule has 0 radical (unpaired) electrons. The van der Waals surface area contributed by atoms with E-state index in [1.807, 2.05) is 6.92 Å². The Kier molecular flexibility index (Phi) is 45.1. The molecule has 0 bridgehead atoms. The summed E-state index contributed by atoms with van der Waals surface area (Å²) in [5.41, 5.74) is -2.13. The predicted octanol–water partition coefficient (Wildman–Crippen LogP) is 17.5. The summed E-state index contributed by atoms with van der Waals surface area (Å²) in [4.78, 5) is 53.7. The maximum absolute atomic E-state index is 13.9. The van der Waals surface area contributed by atoms with Crippen LogP contribution in [0.5, 0.6) is 0 Å². The molecule has 0 saturated carbocycles. The Hall–Kier alpha value is -2.12. The van der Waals surface area contributed by atoms with Gasteiger partial charge in [-0.2, -0.15) is 0 Å². The summed E-state index contributed by atoms with van der Waals surface area (Å²) in [6, 6.07) is 0. The molecule has 0 aromatic carbocycles. The second-order valence-electron chi connectivity index (χ2n) is 21.4. The van der Waals surface area contributed by atoms with Gasteiger partial charge in [0.1, 0.15) is 0 Å². The van der Waals surface area contributed by atoms with E-state index in [1.54, 1.807) is 0 Å². The van der Waals surface area contributed by atoms with Gasteiger partial charge in [-0.15, -0.1) is 0 Å². The average molecular weight is 936 g/mol. The monoisotopic (exact) mass is 935 g/mol. The van der Waals surface area contributed by atoms with Crippen molar-refractivity contribution in [2.45, 2.75) is 311 Å². The molecule has 0 aromatic heterocycles. The molecule has 390 valence electrons. The number of esters is 4.